The molecule has 1 atom stereocenters. The van der Waals surface area contributed by atoms with E-state index in [2.05, 4.69) is 15.6 Å². The topological polar surface area (TPSA) is 103 Å². The van der Waals surface area contributed by atoms with Crippen LogP contribution in [0.4, 0.5) is 5.69 Å². The van der Waals surface area contributed by atoms with Crippen molar-refractivity contribution in [2.45, 2.75) is 64.0 Å². The van der Waals surface area contributed by atoms with Gasteiger partial charge in [0.1, 0.15) is 11.9 Å². The van der Waals surface area contributed by atoms with Gasteiger partial charge in [0, 0.05) is 51.2 Å². The molecule has 1 aromatic carbocycles. The number of amides is 2. The average Bonchev–Trinajstić information content (AvgIpc) is 3.64. The fourth-order valence-electron chi connectivity index (χ4n) is 5.35. The van der Waals surface area contributed by atoms with Crippen LogP contribution in [0, 0.1) is 5.92 Å². The lowest BCUT2D eigenvalue weighted by Crippen LogP contribution is -2.26. The van der Waals surface area contributed by atoms with Gasteiger partial charge in [0.05, 0.1) is 22.9 Å². The van der Waals surface area contributed by atoms with Gasteiger partial charge in [0.15, 0.2) is 0 Å². The highest BCUT2D eigenvalue weighted by molar-refractivity contribution is 6.07. The number of fused-ring (bicyclic) bond motifs is 1. The molecule has 1 saturated carbocycles. The molecule has 9 heteroatoms. The summed E-state index contributed by atoms with van der Waals surface area (Å²) < 4.78 is 9.83. The predicted molar refractivity (Wildman–Crippen MR) is 133 cm³/mol. The van der Waals surface area contributed by atoms with Crippen molar-refractivity contribution in [1.82, 2.24) is 24.4 Å². The molecular formula is C26H34N6O3. The van der Waals surface area contributed by atoms with Gasteiger partial charge in [0.25, 0.3) is 5.91 Å². The third-order valence-corrected chi connectivity index (χ3v) is 7.14. The highest BCUT2D eigenvalue weighted by Crippen LogP contribution is 2.33. The van der Waals surface area contributed by atoms with Crippen molar-refractivity contribution in [3.05, 3.63) is 42.2 Å². The van der Waals surface area contributed by atoms with Crippen LogP contribution >= 0.6 is 0 Å². The van der Waals surface area contributed by atoms with E-state index >= 15 is 0 Å². The van der Waals surface area contributed by atoms with Crippen molar-refractivity contribution >= 4 is 28.5 Å². The van der Waals surface area contributed by atoms with Crippen molar-refractivity contribution in [3.63, 3.8) is 0 Å². The maximum atomic E-state index is 13.3. The number of benzene rings is 1. The summed E-state index contributed by atoms with van der Waals surface area (Å²) >= 11 is 0. The first kappa shape index (κ1) is 23.5. The second-order valence-electron chi connectivity index (χ2n) is 9.73. The maximum Gasteiger partial charge on any atom is 0.253 e. The van der Waals surface area contributed by atoms with Gasteiger partial charge in [-0.1, -0.05) is 12.8 Å². The summed E-state index contributed by atoms with van der Waals surface area (Å²) in [7, 11) is 1.93. The van der Waals surface area contributed by atoms with Crippen LogP contribution in [0.25, 0.3) is 11.0 Å². The monoisotopic (exact) mass is 478 g/mol. The molecule has 3 heterocycles. The van der Waals surface area contributed by atoms with Crippen LogP contribution in [0.15, 0.2) is 30.9 Å². The normalized spacial score (nSPS) is 18.4. The van der Waals surface area contributed by atoms with Crippen LogP contribution in [0.5, 0.6) is 0 Å². The Hall–Kier alpha value is -3.20. The van der Waals surface area contributed by atoms with Crippen LogP contribution in [-0.4, -0.2) is 44.1 Å². The molecule has 3 aromatic rings. The number of imidazole rings is 2. The third-order valence-electron chi connectivity index (χ3n) is 7.14. The number of aryl methyl sites for hydroxylation is 2. The lowest BCUT2D eigenvalue weighted by molar-refractivity contribution is -0.117. The Morgan fingerprint density at radius 2 is 2.03 bits per heavy atom. The summed E-state index contributed by atoms with van der Waals surface area (Å²) in [5.74, 6) is 1.10. The minimum Gasteiger partial charge on any atom is -0.370 e. The van der Waals surface area contributed by atoms with Gasteiger partial charge in [0.2, 0.25) is 5.91 Å². The summed E-state index contributed by atoms with van der Waals surface area (Å²) in [5.41, 5.74) is 2.58. The highest BCUT2D eigenvalue weighted by atomic mass is 16.5. The number of carbonyl (C=O) groups is 2. The molecule has 186 valence electrons. The first-order valence-corrected chi connectivity index (χ1v) is 12.7. The van der Waals surface area contributed by atoms with Gasteiger partial charge in [-0.3, -0.25) is 9.59 Å². The zero-order valence-electron chi connectivity index (χ0n) is 20.3. The van der Waals surface area contributed by atoms with Crippen molar-refractivity contribution in [2.24, 2.45) is 13.0 Å². The van der Waals surface area contributed by atoms with Crippen LogP contribution in [0.2, 0.25) is 0 Å². The first-order chi connectivity index (χ1) is 17.1. The molecule has 0 spiro atoms. The number of rotatable bonds is 9. The van der Waals surface area contributed by atoms with E-state index in [4.69, 9.17) is 9.72 Å². The van der Waals surface area contributed by atoms with Crippen LogP contribution < -0.4 is 10.6 Å². The van der Waals surface area contributed by atoms with Crippen LogP contribution in [0.1, 0.15) is 73.7 Å². The molecule has 0 bridgehead atoms. The molecule has 2 aromatic heterocycles. The minimum atomic E-state index is -0.172. The lowest BCUT2D eigenvalue weighted by atomic mass is 10.0. The zero-order valence-corrected chi connectivity index (χ0v) is 20.3. The third kappa shape index (κ3) is 5.40. The lowest BCUT2D eigenvalue weighted by Gasteiger charge is -2.13. The molecule has 2 N–H and O–H groups in total. The minimum absolute atomic E-state index is 0.00165. The Morgan fingerprint density at radius 3 is 2.77 bits per heavy atom. The Balaban J connectivity index is 1.37. The SMILES string of the molecule is Cn1c([C@@H]2CCCO2)nc2cc(NC(=O)CC3CCCC3)cc(C(=O)NCCCn3ccnc3)c21. The molecule has 2 fully saturated rings. The van der Waals surface area contributed by atoms with Crippen molar-refractivity contribution in [1.29, 1.82) is 0 Å². The van der Waals surface area contributed by atoms with Crippen molar-refractivity contribution in [3.8, 4) is 0 Å². The van der Waals surface area contributed by atoms with Gasteiger partial charge >= 0.3 is 0 Å². The number of nitrogens with one attached hydrogen (secondary N) is 2. The molecule has 1 aliphatic heterocycles. The summed E-state index contributed by atoms with van der Waals surface area (Å²) in [6, 6.07) is 3.65. The molecule has 0 unspecified atom stereocenters. The van der Waals surface area contributed by atoms with E-state index in [9.17, 15) is 9.59 Å². The summed E-state index contributed by atoms with van der Waals surface area (Å²) in [6.07, 6.45) is 13.2. The van der Waals surface area contributed by atoms with E-state index < -0.39 is 0 Å². The maximum absolute atomic E-state index is 13.3. The van der Waals surface area contributed by atoms with Gasteiger partial charge in [-0.05, 0) is 50.2 Å². The molecular weight excluding hydrogens is 444 g/mol. The highest BCUT2D eigenvalue weighted by Gasteiger charge is 2.26. The molecule has 0 radical (unpaired) electrons. The zero-order chi connectivity index (χ0) is 24.2. The van der Waals surface area contributed by atoms with E-state index in [1.54, 1.807) is 18.6 Å². The second-order valence-corrected chi connectivity index (χ2v) is 9.73. The first-order valence-electron chi connectivity index (χ1n) is 12.7. The Labute approximate surface area is 205 Å². The fraction of sp³-hybridized carbons (Fsp3) is 0.538. The number of anilines is 1. The molecule has 9 nitrogen and oxygen atoms in total. The molecule has 2 aliphatic rings. The summed E-state index contributed by atoms with van der Waals surface area (Å²) in [6.45, 7) is 2.04. The van der Waals surface area contributed by atoms with Gasteiger partial charge in [-0.15, -0.1) is 0 Å². The smallest absolute Gasteiger partial charge is 0.253 e. The number of hydrogen-bond acceptors (Lipinski definition) is 5. The molecule has 5 rings (SSSR count). The van der Waals surface area contributed by atoms with E-state index in [1.807, 2.05) is 28.4 Å². The number of aromatic nitrogens is 4. The molecule has 35 heavy (non-hydrogen) atoms. The second kappa shape index (κ2) is 10.6. The number of ether oxygens (including phenoxy) is 1. The Bertz CT molecular complexity index is 1170. The van der Waals surface area contributed by atoms with E-state index in [0.29, 0.717) is 35.7 Å². The van der Waals surface area contributed by atoms with E-state index in [0.717, 1.165) is 56.6 Å². The van der Waals surface area contributed by atoms with Gasteiger partial charge < -0.3 is 24.5 Å². The quantitative estimate of drug-likeness (QED) is 0.453. The van der Waals surface area contributed by atoms with Crippen molar-refractivity contribution in [2.75, 3.05) is 18.5 Å². The van der Waals surface area contributed by atoms with Gasteiger partial charge in [-0.2, -0.15) is 0 Å². The van der Waals surface area contributed by atoms with Crippen LogP contribution in [0.3, 0.4) is 0 Å². The Kier molecular flexibility index (Phi) is 7.13. The number of carbonyl (C=O) groups excluding carboxylic acids is 2. The summed E-state index contributed by atoms with van der Waals surface area (Å²) in [4.78, 5) is 34.9. The Morgan fingerprint density at radius 1 is 1.17 bits per heavy atom. The van der Waals surface area contributed by atoms with E-state index in [1.165, 1.54) is 12.8 Å². The molecule has 1 aliphatic carbocycles. The predicted octanol–water partition coefficient (Wildman–Crippen LogP) is 3.96. The number of hydrogen-bond donors (Lipinski definition) is 2. The van der Waals surface area contributed by atoms with Crippen molar-refractivity contribution < 1.29 is 14.3 Å². The largest absolute Gasteiger partial charge is 0.370 e. The standard InChI is InChI=1S/C26H34N6O3/c1-31-24-20(26(34)28-9-5-11-32-12-10-27-17-32)15-19(29-23(33)14-18-6-2-3-7-18)16-21(24)30-25(31)22-8-4-13-35-22/h10,12,15-18,22H,2-9,11,13-14H2,1H3,(H,28,34)(H,29,33)/t22-/m0/s1. The van der Waals surface area contributed by atoms with Crippen LogP contribution in [-0.2, 0) is 23.1 Å². The number of nitrogens with zero attached hydrogens (tertiary/aromatic N) is 4. The van der Waals surface area contributed by atoms with Gasteiger partial charge in [-0.25, -0.2) is 9.97 Å². The van der Waals surface area contributed by atoms with E-state index in [-0.39, 0.29) is 17.9 Å². The fourth-order valence-corrected chi connectivity index (χ4v) is 5.35. The summed E-state index contributed by atoms with van der Waals surface area (Å²) in [5, 5.41) is 6.07. The molecule has 1 saturated heterocycles. The average molecular weight is 479 g/mol. The molecule has 2 amide bonds.